The molecule has 0 bridgehead atoms. The van der Waals surface area contributed by atoms with Gasteiger partial charge in [-0.25, -0.2) is 5.90 Å². The van der Waals surface area contributed by atoms with Crippen molar-refractivity contribution in [3.05, 3.63) is 35.4 Å². The van der Waals surface area contributed by atoms with Gasteiger partial charge in [0.05, 0.1) is 6.61 Å². The van der Waals surface area contributed by atoms with E-state index in [1.165, 1.54) is 12.0 Å². The molecule has 0 heterocycles. The van der Waals surface area contributed by atoms with Gasteiger partial charge in [-0.05, 0) is 17.5 Å². The Morgan fingerprint density at radius 1 is 1.17 bits per heavy atom. The molecule has 0 aromatic heterocycles. The van der Waals surface area contributed by atoms with Gasteiger partial charge in [0.1, 0.15) is 0 Å². The molecule has 1 aromatic carbocycles. The Morgan fingerprint density at radius 3 is 2.25 bits per heavy atom. The van der Waals surface area contributed by atoms with Crippen molar-refractivity contribution in [2.24, 2.45) is 5.90 Å². The molecule has 0 saturated heterocycles. The van der Waals surface area contributed by atoms with E-state index in [-0.39, 0.29) is 0 Å². The van der Waals surface area contributed by atoms with Gasteiger partial charge in [-0.2, -0.15) is 0 Å². The molecule has 0 unspecified atom stereocenters. The van der Waals surface area contributed by atoms with Crippen molar-refractivity contribution in [2.75, 3.05) is 0 Å². The van der Waals surface area contributed by atoms with Crippen LogP contribution in [0.4, 0.5) is 0 Å². The highest BCUT2D eigenvalue weighted by atomic mass is 16.6. The van der Waals surface area contributed by atoms with Crippen molar-refractivity contribution in [2.45, 2.75) is 26.4 Å². The fraction of sp³-hybridized carbons (Fsp3) is 0.400. The molecule has 0 aliphatic rings. The second-order valence-electron chi connectivity index (χ2n) is 2.88. The third-order valence-electron chi connectivity index (χ3n) is 1.81. The van der Waals surface area contributed by atoms with Gasteiger partial charge < -0.3 is 0 Å². The molecule has 0 amide bonds. The number of rotatable bonds is 4. The molecule has 0 saturated carbocycles. The summed E-state index contributed by atoms with van der Waals surface area (Å²) in [6.45, 7) is 2.67. The smallest absolute Gasteiger partial charge is 0.0930 e. The summed E-state index contributed by atoms with van der Waals surface area (Å²) in [5, 5.41) is 0. The van der Waals surface area contributed by atoms with E-state index in [0.717, 1.165) is 12.0 Å². The van der Waals surface area contributed by atoms with E-state index in [9.17, 15) is 0 Å². The van der Waals surface area contributed by atoms with E-state index >= 15 is 0 Å². The third kappa shape index (κ3) is 2.64. The van der Waals surface area contributed by atoms with Crippen LogP contribution >= 0.6 is 0 Å². The van der Waals surface area contributed by atoms with Crippen LogP contribution in [0.5, 0.6) is 0 Å². The van der Waals surface area contributed by atoms with Gasteiger partial charge in [0, 0.05) is 0 Å². The number of hydrogen-bond donors (Lipinski definition) is 1. The molecule has 1 rings (SSSR count). The number of benzene rings is 1. The molecule has 0 atom stereocenters. The Labute approximate surface area is 73.3 Å². The highest BCUT2D eigenvalue weighted by molar-refractivity contribution is 5.21. The molecular weight excluding hydrogens is 150 g/mol. The molecule has 2 nitrogen and oxygen atoms in total. The lowest BCUT2D eigenvalue weighted by atomic mass is 10.1. The lowest BCUT2D eigenvalue weighted by molar-refractivity contribution is 0.124. The predicted molar refractivity (Wildman–Crippen MR) is 49.4 cm³/mol. The molecule has 66 valence electrons. The van der Waals surface area contributed by atoms with Crippen LogP contribution in [0.15, 0.2) is 24.3 Å². The maximum Gasteiger partial charge on any atom is 0.0930 e. The summed E-state index contributed by atoms with van der Waals surface area (Å²) in [6, 6.07) is 8.35. The SMILES string of the molecule is CCCc1ccc(CON)cc1. The Kier molecular flexibility index (Phi) is 3.77. The molecule has 0 aliphatic heterocycles. The summed E-state index contributed by atoms with van der Waals surface area (Å²) in [6.07, 6.45) is 2.33. The molecule has 0 aliphatic carbocycles. The van der Waals surface area contributed by atoms with Crippen LogP contribution in [0.25, 0.3) is 0 Å². The number of nitrogens with two attached hydrogens (primary N) is 1. The molecule has 0 spiro atoms. The van der Waals surface area contributed by atoms with Crippen LogP contribution in [-0.2, 0) is 17.9 Å². The van der Waals surface area contributed by atoms with Crippen LogP contribution in [0.2, 0.25) is 0 Å². The van der Waals surface area contributed by atoms with Gasteiger partial charge in [0.15, 0.2) is 0 Å². The Morgan fingerprint density at radius 2 is 1.75 bits per heavy atom. The highest BCUT2D eigenvalue weighted by Gasteiger charge is 1.92. The van der Waals surface area contributed by atoms with Gasteiger partial charge >= 0.3 is 0 Å². The summed E-state index contributed by atoms with van der Waals surface area (Å²) in [4.78, 5) is 4.53. The first-order valence-electron chi connectivity index (χ1n) is 4.26. The second-order valence-corrected chi connectivity index (χ2v) is 2.88. The van der Waals surface area contributed by atoms with Gasteiger partial charge in [0.2, 0.25) is 0 Å². The first-order chi connectivity index (χ1) is 5.86. The third-order valence-corrected chi connectivity index (χ3v) is 1.81. The van der Waals surface area contributed by atoms with Gasteiger partial charge in [-0.15, -0.1) is 0 Å². The molecule has 1 aromatic rings. The van der Waals surface area contributed by atoms with E-state index in [1.807, 2.05) is 0 Å². The van der Waals surface area contributed by atoms with Gasteiger partial charge in [-0.3, -0.25) is 4.84 Å². The van der Waals surface area contributed by atoms with Crippen molar-refractivity contribution in [1.82, 2.24) is 0 Å². The van der Waals surface area contributed by atoms with E-state index < -0.39 is 0 Å². The molecular formula is C10H15NO. The normalized spacial score (nSPS) is 10.2. The highest BCUT2D eigenvalue weighted by Crippen LogP contribution is 2.06. The van der Waals surface area contributed by atoms with Gasteiger partial charge in [-0.1, -0.05) is 37.6 Å². The summed E-state index contributed by atoms with van der Waals surface area (Å²) in [5.74, 6) is 4.96. The zero-order valence-electron chi connectivity index (χ0n) is 7.42. The molecule has 2 N–H and O–H groups in total. The first kappa shape index (κ1) is 9.23. The molecule has 0 radical (unpaired) electrons. The van der Waals surface area contributed by atoms with Crippen molar-refractivity contribution in [3.63, 3.8) is 0 Å². The first-order valence-corrected chi connectivity index (χ1v) is 4.26. The van der Waals surface area contributed by atoms with Crippen molar-refractivity contribution in [1.29, 1.82) is 0 Å². The van der Waals surface area contributed by atoms with E-state index in [0.29, 0.717) is 6.61 Å². The summed E-state index contributed by atoms with van der Waals surface area (Å²) >= 11 is 0. The van der Waals surface area contributed by atoms with Crippen LogP contribution in [-0.4, -0.2) is 0 Å². The summed E-state index contributed by atoms with van der Waals surface area (Å²) < 4.78 is 0. The van der Waals surface area contributed by atoms with Crippen molar-refractivity contribution < 1.29 is 4.84 Å². The maximum atomic E-state index is 4.96. The predicted octanol–water partition coefficient (Wildman–Crippen LogP) is 2.03. The minimum absolute atomic E-state index is 0.492. The fourth-order valence-electron chi connectivity index (χ4n) is 1.19. The minimum Gasteiger partial charge on any atom is -0.300 e. The van der Waals surface area contributed by atoms with Crippen molar-refractivity contribution in [3.8, 4) is 0 Å². The zero-order chi connectivity index (χ0) is 8.81. The Balaban J connectivity index is 2.58. The van der Waals surface area contributed by atoms with Crippen LogP contribution in [0, 0.1) is 0 Å². The molecule has 0 fully saturated rings. The summed E-state index contributed by atoms with van der Waals surface area (Å²) in [5.41, 5.74) is 2.50. The van der Waals surface area contributed by atoms with E-state index in [1.54, 1.807) is 0 Å². The number of hydrogen-bond acceptors (Lipinski definition) is 2. The van der Waals surface area contributed by atoms with Gasteiger partial charge in [0.25, 0.3) is 0 Å². The van der Waals surface area contributed by atoms with Crippen molar-refractivity contribution >= 4 is 0 Å². The largest absolute Gasteiger partial charge is 0.300 e. The summed E-state index contributed by atoms with van der Waals surface area (Å²) in [7, 11) is 0. The standard InChI is InChI=1S/C10H15NO/c1-2-3-9-4-6-10(7-5-9)8-12-11/h4-7H,2-3,8,11H2,1H3. The lowest BCUT2D eigenvalue weighted by Gasteiger charge is -2.01. The van der Waals surface area contributed by atoms with Crippen LogP contribution in [0.3, 0.4) is 0 Å². The Hall–Kier alpha value is -0.860. The van der Waals surface area contributed by atoms with Crippen LogP contribution in [0.1, 0.15) is 24.5 Å². The second kappa shape index (κ2) is 4.91. The fourth-order valence-corrected chi connectivity index (χ4v) is 1.19. The quantitative estimate of drug-likeness (QED) is 0.693. The molecule has 12 heavy (non-hydrogen) atoms. The Bertz CT molecular complexity index is 193. The maximum absolute atomic E-state index is 4.96. The topological polar surface area (TPSA) is 35.2 Å². The van der Waals surface area contributed by atoms with E-state index in [2.05, 4.69) is 36.0 Å². The average molecular weight is 165 g/mol. The zero-order valence-corrected chi connectivity index (χ0v) is 7.42. The minimum atomic E-state index is 0.492. The molecule has 2 heteroatoms. The lowest BCUT2D eigenvalue weighted by Crippen LogP contribution is -1.98. The van der Waals surface area contributed by atoms with Crippen LogP contribution < -0.4 is 5.90 Å². The monoisotopic (exact) mass is 165 g/mol. The number of aryl methyl sites for hydroxylation is 1. The van der Waals surface area contributed by atoms with E-state index in [4.69, 9.17) is 5.90 Å². The average Bonchev–Trinajstić information content (AvgIpc) is 2.09.